The largest absolute Gasteiger partial charge is 0.497 e. The Kier molecular flexibility index (Phi) is 9.39. The summed E-state index contributed by atoms with van der Waals surface area (Å²) in [5.41, 5.74) is 4.74. The molecule has 0 aliphatic carbocycles. The summed E-state index contributed by atoms with van der Waals surface area (Å²) < 4.78 is 33.3. The van der Waals surface area contributed by atoms with Crippen LogP contribution in [-0.4, -0.2) is 45.5 Å². The molecule has 11 nitrogen and oxygen atoms in total. The van der Waals surface area contributed by atoms with Crippen molar-refractivity contribution in [2.75, 3.05) is 28.6 Å². The van der Waals surface area contributed by atoms with E-state index in [0.717, 1.165) is 4.31 Å². The van der Waals surface area contributed by atoms with E-state index >= 15 is 0 Å². The van der Waals surface area contributed by atoms with Gasteiger partial charge in [0.05, 0.1) is 23.4 Å². The van der Waals surface area contributed by atoms with Gasteiger partial charge in [0.15, 0.2) is 0 Å². The van der Waals surface area contributed by atoms with Gasteiger partial charge in [0.2, 0.25) is 11.8 Å². The maximum absolute atomic E-state index is 13.6. The summed E-state index contributed by atoms with van der Waals surface area (Å²) in [6.45, 7) is 3.85. The molecule has 0 bridgehead atoms. The summed E-state index contributed by atoms with van der Waals surface area (Å²) in [6.07, 6.45) is 0. The summed E-state index contributed by atoms with van der Waals surface area (Å²) in [6, 6.07) is 18.7. The Morgan fingerprint density at radius 1 is 0.846 bits per heavy atom. The van der Waals surface area contributed by atoms with Crippen LogP contribution in [0.15, 0.2) is 82.8 Å². The van der Waals surface area contributed by atoms with Crippen molar-refractivity contribution in [2.24, 2.45) is 5.10 Å². The number of ether oxygens (including phenoxy) is 1. The Morgan fingerprint density at radius 2 is 1.46 bits per heavy atom. The molecule has 0 fully saturated rings. The fraction of sp³-hybridized carbons (Fsp3) is 0.185. The van der Waals surface area contributed by atoms with Crippen molar-refractivity contribution in [3.05, 3.63) is 78.4 Å². The van der Waals surface area contributed by atoms with E-state index in [4.69, 9.17) is 4.74 Å². The number of rotatable bonds is 10. The molecule has 39 heavy (non-hydrogen) atoms. The Morgan fingerprint density at radius 3 is 2.05 bits per heavy atom. The van der Waals surface area contributed by atoms with Crippen LogP contribution in [0.4, 0.5) is 17.1 Å². The first-order valence-corrected chi connectivity index (χ1v) is 13.2. The van der Waals surface area contributed by atoms with Crippen molar-refractivity contribution in [1.82, 2.24) is 5.43 Å². The lowest BCUT2D eigenvalue weighted by molar-refractivity contribution is -0.119. The second kappa shape index (κ2) is 12.7. The van der Waals surface area contributed by atoms with Crippen LogP contribution in [0.5, 0.6) is 5.75 Å². The molecule has 0 radical (unpaired) electrons. The maximum atomic E-state index is 13.6. The smallest absolute Gasteiger partial charge is 0.264 e. The number of hydrogen-bond donors (Lipinski definition) is 3. The SMILES string of the molecule is COc1ccc(N(CC(=O)N/N=C(\C)c2cccc(NC(C)=O)c2)S(=O)(=O)c2ccc(NC(C)=O)cc2)cc1. The third-order valence-corrected chi connectivity index (χ3v) is 7.15. The maximum Gasteiger partial charge on any atom is 0.264 e. The van der Waals surface area contributed by atoms with Gasteiger partial charge in [-0.05, 0) is 73.2 Å². The molecule has 3 aromatic rings. The predicted octanol–water partition coefficient (Wildman–Crippen LogP) is 3.35. The van der Waals surface area contributed by atoms with Gasteiger partial charge in [-0.25, -0.2) is 13.8 Å². The third kappa shape index (κ3) is 7.89. The summed E-state index contributed by atoms with van der Waals surface area (Å²) >= 11 is 0. The van der Waals surface area contributed by atoms with Crippen molar-refractivity contribution in [3.8, 4) is 5.75 Å². The Balaban J connectivity index is 1.86. The number of methoxy groups -OCH3 is 1. The number of hydrogen-bond acceptors (Lipinski definition) is 7. The number of anilines is 3. The van der Waals surface area contributed by atoms with E-state index in [0.29, 0.717) is 28.4 Å². The van der Waals surface area contributed by atoms with Crippen LogP contribution in [0, 0.1) is 0 Å². The predicted molar refractivity (Wildman–Crippen MR) is 149 cm³/mol. The quantitative estimate of drug-likeness (QED) is 0.260. The van der Waals surface area contributed by atoms with Crippen LogP contribution >= 0.6 is 0 Å². The molecule has 3 aromatic carbocycles. The molecule has 0 spiro atoms. The highest BCUT2D eigenvalue weighted by atomic mass is 32.2. The molecule has 12 heteroatoms. The van der Waals surface area contributed by atoms with E-state index in [1.807, 2.05) is 0 Å². The Labute approximate surface area is 226 Å². The second-order valence-electron chi connectivity index (χ2n) is 8.41. The lowest BCUT2D eigenvalue weighted by Gasteiger charge is -2.24. The number of carbonyl (C=O) groups excluding carboxylic acids is 3. The average Bonchev–Trinajstić information content (AvgIpc) is 2.90. The summed E-state index contributed by atoms with van der Waals surface area (Å²) in [5.74, 6) is -0.678. The molecular weight excluding hydrogens is 522 g/mol. The molecule has 0 atom stereocenters. The van der Waals surface area contributed by atoms with Crippen LogP contribution in [0.1, 0.15) is 26.3 Å². The molecule has 0 unspecified atom stereocenters. The van der Waals surface area contributed by atoms with Crippen LogP contribution in [-0.2, 0) is 24.4 Å². The van der Waals surface area contributed by atoms with Gasteiger partial charge in [0.25, 0.3) is 15.9 Å². The van der Waals surface area contributed by atoms with Gasteiger partial charge in [-0.1, -0.05) is 12.1 Å². The molecule has 0 aromatic heterocycles. The summed E-state index contributed by atoms with van der Waals surface area (Å²) in [7, 11) is -2.71. The Bertz CT molecular complexity index is 1490. The third-order valence-electron chi connectivity index (χ3n) is 5.36. The zero-order chi connectivity index (χ0) is 28.6. The normalized spacial score (nSPS) is 11.3. The highest BCUT2D eigenvalue weighted by Crippen LogP contribution is 2.26. The van der Waals surface area contributed by atoms with Gasteiger partial charge < -0.3 is 15.4 Å². The topological polar surface area (TPSA) is 146 Å². The van der Waals surface area contributed by atoms with Gasteiger partial charge in [-0.3, -0.25) is 18.7 Å². The standard InChI is InChI=1S/C27H29N5O6S/c1-18(21-6-5-7-23(16-21)29-20(3)34)30-31-27(35)17-32(24-10-12-25(38-4)13-11-24)39(36,37)26-14-8-22(9-15-26)28-19(2)33/h5-16H,17H2,1-4H3,(H,28,33)(H,29,34)(H,31,35)/b30-18+. The number of nitrogens with one attached hydrogen (secondary N) is 3. The van der Waals surface area contributed by atoms with Crippen molar-refractivity contribution >= 4 is 50.5 Å². The molecule has 3 rings (SSSR count). The van der Waals surface area contributed by atoms with Gasteiger partial charge in [0, 0.05) is 25.2 Å². The minimum absolute atomic E-state index is 0.0744. The summed E-state index contributed by atoms with van der Waals surface area (Å²) in [4.78, 5) is 35.5. The first-order chi connectivity index (χ1) is 18.5. The van der Waals surface area contributed by atoms with Crippen molar-refractivity contribution in [2.45, 2.75) is 25.7 Å². The van der Waals surface area contributed by atoms with Crippen LogP contribution in [0.25, 0.3) is 0 Å². The number of carbonyl (C=O) groups is 3. The van der Waals surface area contributed by atoms with E-state index in [2.05, 4.69) is 21.2 Å². The minimum atomic E-state index is -4.19. The van der Waals surface area contributed by atoms with Crippen LogP contribution in [0.2, 0.25) is 0 Å². The highest BCUT2D eigenvalue weighted by molar-refractivity contribution is 7.92. The van der Waals surface area contributed by atoms with E-state index < -0.39 is 22.5 Å². The van der Waals surface area contributed by atoms with Gasteiger partial charge in [-0.15, -0.1) is 0 Å². The van der Waals surface area contributed by atoms with Crippen LogP contribution < -0.4 is 25.1 Å². The monoisotopic (exact) mass is 551 g/mol. The number of benzene rings is 3. The number of sulfonamides is 1. The lowest BCUT2D eigenvalue weighted by atomic mass is 10.1. The molecular formula is C27H29N5O6S. The van der Waals surface area contributed by atoms with E-state index in [1.54, 1.807) is 43.3 Å². The number of nitrogens with zero attached hydrogens (tertiary/aromatic N) is 2. The number of hydrazone groups is 1. The molecule has 0 aliphatic rings. The molecule has 204 valence electrons. The first kappa shape index (κ1) is 28.9. The van der Waals surface area contributed by atoms with Gasteiger partial charge in [0.1, 0.15) is 12.3 Å². The van der Waals surface area contributed by atoms with E-state index in [1.165, 1.54) is 57.4 Å². The van der Waals surface area contributed by atoms with E-state index in [-0.39, 0.29) is 22.4 Å². The fourth-order valence-electron chi connectivity index (χ4n) is 3.51. The summed E-state index contributed by atoms with van der Waals surface area (Å²) in [5, 5.41) is 9.37. The van der Waals surface area contributed by atoms with Gasteiger partial charge >= 0.3 is 0 Å². The molecule has 3 N–H and O–H groups in total. The second-order valence-corrected chi connectivity index (χ2v) is 10.3. The Hall–Kier alpha value is -4.71. The molecule has 3 amide bonds. The number of amides is 3. The molecule has 0 saturated heterocycles. The molecule has 0 aliphatic heterocycles. The molecule has 0 saturated carbocycles. The highest BCUT2D eigenvalue weighted by Gasteiger charge is 2.27. The van der Waals surface area contributed by atoms with Crippen molar-refractivity contribution in [1.29, 1.82) is 0 Å². The van der Waals surface area contributed by atoms with Crippen molar-refractivity contribution in [3.63, 3.8) is 0 Å². The van der Waals surface area contributed by atoms with Crippen LogP contribution in [0.3, 0.4) is 0 Å². The zero-order valence-electron chi connectivity index (χ0n) is 21.9. The average molecular weight is 552 g/mol. The zero-order valence-corrected chi connectivity index (χ0v) is 22.7. The first-order valence-electron chi connectivity index (χ1n) is 11.7. The molecule has 0 heterocycles. The minimum Gasteiger partial charge on any atom is -0.497 e. The van der Waals surface area contributed by atoms with Crippen molar-refractivity contribution < 1.29 is 27.5 Å². The van der Waals surface area contributed by atoms with E-state index in [9.17, 15) is 22.8 Å². The fourth-order valence-corrected chi connectivity index (χ4v) is 4.93. The lowest BCUT2D eigenvalue weighted by Crippen LogP contribution is -2.39. The van der Waals surface area contributed by atoms with Gasteiger partial charge in [-0.2, -0.15) is 5.10 Å².